The van der Waals surface area contributed by atoms with Crippen LogP contribution in [0.5, 0.6) is 0 Å². The third kappa shape index (κ3) is 4.33. The summed E-state index contributed by atoms with van der Waals surface area (Å²) in [4.78, 5) is 5.51. The lowest BCUT2D eigenvalue weighted by Crippen LogP contribution is -2.38. The Kier molecular flexibility index (Phi) is 3.87. The van der Waals surface area contributed by atoms with Crippen molar-refractivity contribution >= 4 is 11.8 Å². The zero-order chi connectivity index (χ0) is 9.03. The summed E-state index contributed by atoms with van der Waals surface area (Å²) in [5, 5.41) is 0. The summed E-state index contributed by atoms with van der Waals surface area (Å²) < 4.78 is 0. The van der Waals surface area contributed by atoms with E-state index in [1.807, 2.05) is 11.8 Å². The van der Waals surface area contributed by atoms with Gasteiger partial charge in [-0.05, 0) is 45.1 Å². The highest BCUT2D eigenvalue weighted by Crippen LogP contribution is 2.17. The van der Waals surface area contributed by atoms with Crippen LogP contribution in [0.15, 0.2) is 0 Å². The van der Waals surface area contributed by atoms with Gasteiger partial charge < -0.3 is 0 Å². The lowest BCUT2D eigenvalue weighted by Gasteiger charge is -2.27. The van der Waals surface area contributed by atoms with E-state index in [2.05, 4.69) is 26.3 Å². The molecule has 1 aliphatic heterocycles. The normalized spacial score (nSPS) is 21.2. The first-order valence-electron chi connectivity index (χ1n) is 4.59. The summed E-state index contributed by atoms with van der Waals surface area (Å²) in [6.45, 7) is 6.20. The summed E-state index contributed by atoms with van der Waals surface area (Å²) in [5.74, 6) is 2.54. The molecule has 12 heavy (non-hydrogen) atoms. The van der Waals surface area contributed by atoms with Crippen molar-refractivity contribution in [1.29, 1.82) is 0 Å². The summed E-state index contributed by atoms with van der Waals surface area (Å²) in [5.41, 5.74) is 3.08. The minimum atomic E-state index is -0.0649. The summed E-state index contributed by atoms with van der Waals surface area (Å²) in [6.07, 6.45) is 2.47. The largest absolute Gasteiger partial charge is 0.296 e. The molecule has 1 aliphatic rings. The van der Waals surface area contributed by atoms with Crippen molar-refractivity contribution < 1.29 is 4.84 Å². The fourth-order valence-electron chi connectivity index (χ4n) is 1.08. The van der Waals surface area contributed by atoms with Gasteiger partial charge in [0.05, 0.1) is 5.60 Å². The Bertz CT molecular complexity index is 127. The molecule has 1 heterocycles. The molecule has 3 heteroatoms. The Labute approximate surface area is 79.4 Å². The highest BCUT2D eigenvalue weighted by molar-refractivity contribution is 7.99. The maximum Gasteiger partial charge on any atom is 0.0813 e. The van der Waals surface area contributed by atoms with Gasteiger partial charge in [0.2, 0.25) is 0 Å². The second-order valence-electron chi connectivity index (χ2n) is 4.22. The molecule has 1 N–H and O–H groups in total. The lowest BCUT2D eigenvalue weighted by molar-refractivity contribution is -0.0891. The van der Waals surface area contributed by atoms with Crippen LogP contribution in [-0.2, 0) is 4.84 Å². The van der Waals surface area contributed by atoms with Crippen LogP contribution in [0.3, 0.4) is 0 Å². The maximum atomic E-state index is 5.51. The Balaban J connectivity index is 2.13. The summed E-state index contributed by atoms with van der Waals surface area (Å²) in [6, 6.07) is 0.575. The average molecular weight is 189 g/mol. The predicted octanol–water partition coefficient (Wildman–Crippen LogP) is 2.20. The fourth-order valence-corrected chi connectivity index (χ4v) is 2.18. The van der Waals surface area contributed by atoms with E-state index >= 15 is 0 Å². The Morgan fingerprint density at radius 3 is 2.33 bits per heavy atom. The van der Waals surface area contributed by atoms with Gasteiger partial charge in [0.1, 0.15) is 0 Å². The van der Waals surface area contributed by atoms with Gasteiger partial charge in [-0.25, -0.2) is 0 Å². The molecule has 1 rings (SSSR count). The number of thioether (sulfide) groups is 1. The number of rotatable bonds is 2. The van der Waals surface area contributed by atoms with Crippen LogP contribution < -0.4 is 5.48 Å². The van der Waals surface area contributed by atoms with E-state index in [9.17, 15) is 0 Å². The summed E-state index contributed by atoms with van der Waals surface area (Å²) >= 11 is 2.04. The van der Waals surface area contributed by atoms with Crippen LogP contribution in [0, 0.1) is 0 Å². The van der Waals surface area contributed by atoms with Gasteiger partial charge in [0, 0.05) is 6.04 Å². The fraction of sp³-hybridized carbons (Fsp3) is 1.00. The third-order valence-corrected chi connectivity index (χ3v) is 2.80. The molecular formula is C9H19NOS. The highest BCUT2D eigenvalue weighted by atomic mass is 32.2. The molecule has 0 saturated carbocycles. The maximum absolute atomic E-state index is 5.51. The van der Waals surface area contributed by atoms with Gasteiger partial charge >= 0.3 is 0 Å². The quantitative estimate of drug-likeness (QED) is 0.673. The number of hydrogen-bond acceptors (Lipinski definition) is 3. The first-order chi connectivity index (χ1) is 5.58. The zero-order valence-electron chi connectivity index (χ0n) is 8.22. The zero-order valence-corrected chi connectivity index (χ0v) is 9.04. The van der Waals surface area contributed by atoms with Gasteiger partial charge in [0.25, 0.3) is 0 Å². The second-order valence-corrected chi connectivity index (χ2v) is 5.44. The molecule has 2 nitrogen and oxygen atoms in total. The molecular weight excluding hydrogens is 170 g/mol. The van der Waals surface area contributed by atoms with E-state index in [0.717, 1.165) is 0 Å². The molecule has 1 saturated heterocycles. The van der Waals surface area contributed by atoms with Crippen molar-refractivity contribution in [3.05, 3.63) is 0 Å². The molecule has 1 fully saturated rings. The van der Waals surface area contributed by atoms with E-state index in [0.29, 0.717) is 6.04 Å². The third-order valence-electron chi connectivity index (χ3n) is 1.75. The monoisotopic (exact) mass is 189 g/mol. The standard InChI is InChI=1S/C9H19NOS/c1-9(2,3)11-10-8-4-6-12-7-5-8/h8,10H,4-7H2,1-3H3. The highest BCUT2D eigenvalue weighted by Gasteiger charge is 2.17. The molecule has 72 valence electrons. The molecule has 0 atom stereocenters. The van der Waals surface area contributed by atoms with Crippen LogP contribution >= 0.6 is 11.8 Å². The van der Waals surface area contributed by atoms with Crippen molar-refractivity contribution in [2.75, 3.05) is 11.5 Å². The molecule has 0 bridgehead atoms. The Hall–Kier alpha value is 0.270. The first kappa shape index (κ1) is 10.4. The molecule has 0 radical (unpaired) electrons. The molecule has 0 unspecified atom stereocenters. The topological polar surface area (TPSA) is 21.3 Å². The van der Waals surface area contributed by atoms with Crippen LogP contribution in [0.25, 0.3) is 0 Å². The average Bonchev–Trinajstić information content (AvgIpc) is 2.02. The van der Waals surface area contributed by atoms with Crippen LogP contribution in [0.1, 0.15) is 33.6 Å². The molecule has 0 aromatic rings. The van der Waals surface area contributed by atoms with E-state index < -0.39 is 0 Å². The lowest BCUT2D eigenvalue weighted by atomic mass is 10.2. The van der Waals surface area contributed by atoms with Gasteiger partial charge in [-0.15, -0.1) is 0 Å². The van der Waals surface area contributed by atoms with E-state index in [1.165, 1.54) is 24.3 Å². The number of hydroxylamine groups is 1. The molecule has 0 amide bonds. The van der Waals surface area contributed by atoms with Gasteiger partial charge in [-0.1, -0.05) is 0 Å². The number of hydrogen-bond donors (Lipinski definition) is 1. The molecule has 0 aromatic carbocycles. The van der Waals surface area contributed by atoms with Gasteiger partial charge in [-0.3, -0.25) is 4.84 Å². The van der Waals surface area contributed by atoms with Gasteiger partial charge in [0.15, 0.2) is 0 Å². The smallest absolute Gasteiger partial charge is 0.0813 e. The van der Waals surface area contributed by atoms with Crippen molar-refractivity contribution in [1.82, 2.24) is 5.48 Å². The number of nitrogens with one attached hydrogen (secondary N) is 1. The molecule has 0 spiro atoms. The van der Waals surface area contributed by atoms with Crippen molar-refractivity contribution in [2.45, 2.75) is 45.3 Å². The van der Waals surface area contributed by atoms with Crippen LogP contribution in [0.2, 0.25) is 0 Å². The first-order valence-corrected chi connectivity index (χ1v) is 5.75. The van der Waals surface area contributed by atoms with Crippen molar-refractivity contribution in [2.24, 2.45) is 0 Å². The van der Waals surface area contributed by atoms with E-state index in [-0.39, 0.29) is 5.60 Å². The summed E-state index contributed by atoms with van der Waals surface area (Å²) in [7, 11) is 0. The van der Waals surface area contributed by atoms with E-state index in [1.54, 1.807) is 0 Å². The minimum absolute atomic E-state index is 0.0649. The van der Waals surface area contributed by atoms with Gasteiger partial charge in [-0.2, -0.15) is 17.2 Å². The minimum Gasteiger partial charge on any atom is -0.296 e. The van der Waals surface area contributed by atoms with Crippen molar-refractivity contribution in [3.63, 3.8) is 0 Å². The second kappa shape index (κ2) is 4.49. The Morgan fingerprint density at radius 2 is 1.83 bits per heavy atom. The van der Waals surface area contributed by atoms with Crippen molar-refractivity contribution in [3.8, 4) is 0 Å². The SMILES string of the molecule is CC(C)(C)ONC1CCSCC1. The van der Waals surface area contributed by atoms with Crippen LogP contribution in [0.4, 0.5) is 0 Å². The predicted molar refractivity (Wildman–Crippen MR) is 54.3 cm³/mol. The Morgan fingerprint density at radius 1 is 1.25 bits per heavy atom. The molecule has 0 aromatic heterocycles. The van der Waals surface area contributed by atoms with Crippen LogP contribution in [-0.4, -0.2) is 23.1 Å². The molecule has 0 aliphatic carbocycles. The van der Waals surface area contributed by atoms with E-state index in [4.69, 9.17) is 4.84 Å².